The van der Waals surface area contributed by atoms with Gasteiger partial charge in [-0.25, -0.2) is 0 Å². The van der Waals surface area contributed by atoms with Crippen LogP contribution in [-0.2, 0) is 27.8 Å². The lowest BCUT2D eigenvalue weighted by Crippen LogP contribution is -2.80. The van der Waals surface area contributed by atoms with E-state index < -0.39 is 16.6 Å². The summed E-state index contributed by atoms with van der Waals surface area (Å²) in [7, 11) is 2.20. The first kappa shape index (κ1) is 25.1. The minimum absolute atomic E-state index is 0. The predicted octanol–water partition coefficient (Wildman–Crippen LogP) is 4.52. The first-order valence-corrected chi connectivity index (χ1v) is 12.8. The number of halogens is 1. The molecule has 6 rings (SSSR count). The highest BCUT2D eigenvalue weighted by molar-refractivity contribution is 5.94. The topological polar surface area (TPSA) is 48.0 Å². The molecule has 4 atom stereocenters. The van der Waals surface area contributed by atoms with Crippen LogP contribution in [0.15, 0.2) is 42.5 Å². The molecule has 1 saturated carbocycles. The van der Waals surface area contributed by atoms with Crippen LogP contribution in [0.3, 0.4) is 0 Å². The van der Waals surface area contributed by atoms with E-state index in [1.165, 1.54) is 11.1 Å². The summed E-state index contributed by atoms with van der Waals surface area (Å²) in [5, 5.41) is 0. The lowest BCUT2D eigenvalue weighted by atomic mass is 9.45. The summed E-state index contributed by atoms with van der Waals surface area (Å²) in [4.78, 5) is 16.1. The standard InChI is InChI=1S/C30H33NO4.ClH/c1-4-18-33-23-13-12-22-20-24-30(34-19-8-11-21-9-6-5-7-10-21)15-14-25(32)28(2)29(30,16-17-31(24)3)26(22)27(23)35-28;/h1,5-7,9-10,12-13,24H,8,11,14-20H2,2-3H3;1H/t24-,28+,29+,30-;/m1./s1. The van der Waals surface area contributed by atoms with Gasteiger partial charge >= 0.3 is 0 Å². The van der Waals surface area contributed by atoms with Crippen LogP contribution in [0.2, 0.25) is 0 Å². The fourth-order valence-electron chi connectivity index (χ4n) is 7.65. The number of aryl methyl sites for hydroxylation is 1. The van der Waals surface area contributed by atoms with Crippen LogP contribution in [0.1, 0.15) is 49.3 Å². The van der Waals surface area contributed by atoms with Crippen LogP contribution in [0.25, 0.3) is 0 Å². The minimum atomic E-state index is -0.975. The number of hydrogen-bond donors (Lipinski definition) is 0. The summed E-state index contributed by atoms with van der Waals surface area (Å²) < 4.78 is 19.7. The van der Waals surface area contributed by atoms with Crippen LogP contribution in [0.4, 0.5) is 0 Å². The molecule has 1 spiro atoms. The lowest BCUT2D eigenvalue weighted by molar-refractivity contribution is -0.228. The van der Waals surface area contributed by atoms with Crippen molar-refractivity contribution < 1.29 is 19.0 Å². The van der Waals surface area contributed by atoms with Crippen molar-refractivity contribution in [3.8, 4) is 23.8 Å². The van der Waals surface area contributed by atoms with E-state index in [1.807, 2.05) is 19.1 Å². The maximum absolute atomic E-state index is 13.6. The molecule has 190 valence electrons. The van der Waals surface area contributed by atoms with Gasteiger partial charge in [-0.2, -0.15) is 0 Å². The fraction of sp³-hybridized carbons (Fsp3) is 0.500. The fourth-order valence-corrected chi connectivity index (χ4v) is 7.65. The highest BCUT2D eigenvalue weighted by atomic mass is 35.5. The molecule has 2 bridgehead atoms. The highest BCUT2D eigenvalue weighted by Crippen LogP contribution is 2.69. The van der Waals surface area contributed by atoms with Gasteiger partial charge in [-0.3, -0.25) is 4.79 Å². The molecule has 0 N–H and O–H groups in total. The van der Waals surface area contributed by atoms with E-state index in [0.29, 0.717) is 24.5 Å². The van der Waals surface area contributed by atoms with E-state index in [9.17, 15) is 4.79 Å². The van der Waals surface area contributed by atoms with Crippen molar-refractivity contribution in [3.05, 3.63) is 59.2 Å². The number of carbonyl (C=O) groups excluding carboxylic acids is 1. The van der Waals surface area contributed by atoms with Gasteiger partial charge in [0.05, 0.1) is 11.0 Å². The Balaban J connectivity index is 0.00000267. The lowest BCUT2D eigenvalue weighted by Gasteiger charge is -2.66. The Morgan fingerprint density at radius 1 is 1.19 bits per heavy atom. The van der Waals surface area contributed by atoms with Crippen LogP contribution in [-0.4, -0.2) is 54.7 Å². The zero-order valence-corrected chi connectivity index (χ0v) is 21.9. The molecule has 1 saturated heterocycles. The van der Waals surface area contributed by atoms with Crippen molar-refractivity contribution >= 4 is 18.2 Å². The number of hydrogen-bond acceptors (Lipinski definition) is 5. The number of Topliss-reactive ketones (excluding diaryl/α,β-unsaturated/α-hetero) is 1. The molecule has 2 aliphatic heterocycles. The first-order valence-electron chi connectivity index (χ1n) is 12.8. The van der Waals surface area contributed by atoms with Gasteiger partial charge in [-0.15, -0.1) is 18.8 Å². The van der Waals surface area contributed by atoms with Crippen LogP contribution in [0, 0.1) is 12.3 Å². The second kappa shape index (κ2) is 9.10. The van der Waals surface area contributed by atoms with Crippen LogP contribution >= 0.6 is 12.4 Å². The maximum atomic E-state index is 13.6. The molecule has 2 aliphatic carbocycles. The maximum Gasteiger partial charge on any atom is 0.177 e. The number of rotatable bonds is 7. The Labute approximate surface area is 219 Å². The number of piperidine rings is 1. The molecule has 6 heteroatoms. The van der Waals surface area contributed by atoms with Gasteiger partial charge in [0.2, 0.25) is 0 Å². The third kappa shape index (κ3) is 3.21. The Morgan fingerprint density at radius 3 is 2.78 bits per heavy atom. The third-order valence-electron chi connectivity index (χ3n) is 9.18. The van der Waals surface area contributed by atoms with Gasteiger partial charge < -0.3 is 19.1 Å². The summed E-state index contributed by atoms with van der Waals surface area (Å²) in [6.07, 6.45) is 10.3. The van der Waals surface area contributed by atoms with E-state index in [4.69, 9.17) is 20.6 Å². The zero-order valence-electron chi connectivity index (χ0n) is 21.0. The van der Waals surface area contributed by atoms with E-state index in [2.05, 4.69) is 48.2 Å². The average Bonchev–Trinajstić information content (AvgIpc) is 3.15. The molecular weight excluding hydrogens is 474 g/mol. The molecule has 5 nitrogen and oxygen atoms in total. The number of nitrogens with zero attached hydrogens (tertiary/aromatic N) is 1. The van der Waals surface area contributed by atoms with Crippen molar-refractivity contribution in [1.29, 1.82) is 0 Å². The van der Waals surface area contributed by atoms with Crippen LogP contribution in [0.5, 0.6) is 11.5 Å². The summed E-state index contributed by atoms with van der Waals surface area (Å²) in [6.45, 7) is 3.72. The summed E-state index contributed by atoms with van der Waals surface area (Å²) in [5.74, 6) is 4.05. The van der Waals surface area contributed by atoms with E-state index in [-0.39, 0.29) is 30.8 Å². The smallest absolute Gasteiger partial charge is 0.177 e. The van der Waals surface area contributed by atoms with E-state index >= 15 is 0 Å². The molecule has 2 fully saturated rings. The first-order chi connectivity index (χ1) is 17.0. The molecule has 2 aromatic carbocycles. The Hall–Kier alpha value is -2.52. The molecule has 0 amide bonds. The Bertz CT molecular complexity index is 1210. The molecule has 0 aromatic heterocycles. The SMILES string of the molecule is C#CCOc1ccc2c3c1O[C@@]1(C)C(=O)CC[C@@]4(OCCCc5ccccc5)[C@@H](C2)N(C)CC[C@]314.Cl. The number of benzene rings is 2. The van der Waals surface area contributed by atoms with E-state index in [0.717, 1.165) is 44.2 Å². The molecule has 2 aromatic rings. The van der Waals surface area contributed by atoms with E-state index in [1.54, 1.807) is 0 Å². The Kier molecular flexibility index (Phi) is 6.35. The molecule has 2 heterocycles. The number of ketones is 1. The Morgan fingerprint density at radius 2 is 2.00 bits per heavy atom. The molecule has 36 heavy (non-hydrogen) atoms. The third-order valence-corrected chi connectivity index (χ3v) is 9.18. The number of terminal acetylenes is 1. The number of likely N-dealkylation sites (N-methyl/N-ethyl adjacent to an activating group) is 1. The number of ether oxygens (including phenoxy) is 3. The number of likely N-dealkylation sites (tertiary alicyclic amines) is 1. The van der Waals surface area contributed by atoms with Gasteiger partial charge in [-0.1, -0.05) is 42.3 Å². The predicted molar refractivity (Wildman–Crippen MR) is 141 cm³/mol. The quantitative estimate of drug-likeness (QED) is 0.407. The second-order valence-corrected chi connectivity index (χ2v) is 10.7. The summed E-state index contributed by atoms with van der Waals surface area (Å²) in [6, 6.07) is 14.8. The number of carbonyl (C=O) groups is 1. The second-order valence-electron chi connectivity index (χ2n) is 10.7. The molecular formula is C30H34ClNO4. The van der Waals surface area contributed by atoms with Gasteiger partial charge in [0, 0.05) is 24.6 Å². The molecule has 0 radical (unpaired) electrons. The average molecular weight is 508 g/mol. The summed E-state index contributed by atoms with van der Waals surface area (Å²) >= 11 is 0. The van der Waals surface area contributed by atoms with Crippen LogP contribution < -0.4 is 9.47 Å². The zero-order chi connectivity index (χ0) is 24.3. The van der Waals surface area contributed by atoms with Crippen molar-refractivity contribution in [3.63, 3.8) is 0 Å². The van der Waals surface area contributed by atoms with Crippen molar-refractivity contribution in [2.75, 3.05) is 26.8 Å². The van der Waals surface area contributed by atoms with Crippen molar-refractivity contribution in [1.82, 2.24) is 4.90 Å². The van der Waals surface area contributed by atoms with Gasteiger partial charge in [0.15, 0.2) is 22.9 Å². The molecule has 0 unspecified atom stereocenters. The monoisotopic (exact) mass is 507 g/mol. The van der Waals surface area contributed by atoms with Gasteiger partial charge in [0.1, 0.15) is 6.61 Å². The summed E-state index contributed by atoms with van der Waals surface area (Å²) in [5.41, 5.74) is 1.71. The highest BCUT2D eigenvalue weighted by Gasteiger charge is 2.78. The van der Waals surface area contributed by atoms with Gasteiger partial charge in [0.25, 0.3) is 0 Å². The van der Waals surface area contributed by atoms with Gasteiger partial charge in [-0.05, 0) is 69.8 Å². The minimum Gasteiger partial charge on any atom is -0.477 e. The molecule has 4 aliphatic rings. The normalized spacial score (nSPS) is 31.6. The van der Waals surface area contributed by atoms with Crippen molar-refractivity contribution in [2.24, 2.45) is 0 Å². The van der Waals surface area contributed by atoms with Crippen molar-refractivity contribution in [2.45, 2.75) is 68.1 Å². The largest absolute Gasteiger partial charge is 0.477 e.